The first kappa shape index (κ1) is 20.4. The standard InChI is InChI=1S/C25H25N3O4/c1-24(2)19-13-14-25(24,3)22-21(19)20(26-27(22)17-7-5-4-6-8-17)15-32-23(29)16-9-11-18(12-10-16)28(30)31/h4-12,19H,13-15H2,1-3H3/t19-,25+/m0/s1. The van der Waals surface area contributed by atoms with E-state index in [0.29, 0.717) is 5.92 Å². The summed E-state index contributed by atoms with van der Waals surface area (Å²) in [5, 5.41) is 15.7. The molecule has 164 valence electrons. The van der Waals surface area contributed by atoms with Crippen molar-refractivity contribution < 1.29 is 14.5 Å². The van der Waals surface area contributed by atoms with Gasteiger partial charge >= 0.3 is 5.97 Å². The molecule has 2 bridgehead atoms. The number of hydrogen-bond acceptors (Lipinski definition) is 5. The molecule has 0 aliphatic heterocycles. The predicted molar refractivity (Wildman–Crippen MR) is 119 cm³/mol. The molecule has 7 nitrogen and oxygen atoms in total. The quantitative estimate of drug-likeness (QED) is 0.310. The highest BCUT2D eigenvalue weighted by atomic mass is 16.6. The van der Waals surface area contributed by atoms with E-state index in [1.165, 1.54) is 35.5 Å². The molecule has 1 aromatic heterocycles. The fourth-order valence-corrected chi connectivity index (χ4v) is 5.60. The summed E-state index contributed by atoms with van der Waals surface area (Å²) in [6, 6.07) is 15.5. The number of carbonyl (C=O) groups excluding carboxylic acids is 1. The second-order valence-electron chi connectivity index (χ2n) is 9.48. The Kier molecular flexibility index (Phi) is 4.48. The molecule has 0 radical (unpaired) electrons. The van der Waals surface area contributed by atoms with Crippen LogP contribution in [-0.4, -0.2) is 20.7 Å². The van der Waals surface area contributed by atoms with Gasteiger partial charge in [-0.2, -0.15) is 5.10 Å². The molecule has 32 heavy (non-hydrogen) atoms. The molecule has 1 fully saturated rings. The normalized spacial score (nSPS) is 22.5. The summed E-state index contributed by atoms with van der Waals surface area (Å²) in [6.45, 7) is 7.05. The number of nitro groups is 1. The maximum atomic E-state index is 12.6. The number of non-ortho nitro benzene ring substituents is 1. The monoisotopic (exact) mass is 431 g/mol. The number of hydrogen-bond donors (Lipinski definition) is 0. The fourth-order valence-electron chi connectivity index (χ4n) is 5.60. The molecule has 2 aromatic carbocycles. The minimum absolute atomic E-state index is 0.00351. The lowest BCUT2D eigenvalue weighted by Crippen LogP contribution is -2.33. The second-order valence-corrected chi connectivity index (χ2v) is 9.48. The Morgan fingerprint density at radius 1 is 1.16 bits per heavy atom. The maximum absolute atomic E-state index is 12.6. The number of nitrogens with zero attached hydrogens (tertiary/aromatic N) is 3. The first-order chi connectivity index (χ1) is 15.2. The molecule has 2 aliphatic rings. The zero-order valence-corrected chi connectivity index (χ0v) is 18.4. The molecule has 0 spiro atoms. The van der Waals surface area contributed by atoms with Crippen molar-refractivity contribution >= 4 is 11.7 Å². The van der Waals surface area contributed by atoms with E-state index in [-0.39, 0.29) is 28.7 Å². The molecule has 5 rings (SSSR count). The number of fused-ring (bicyclic) bond motifs is 5. The molecule has 2 atom stereocenters. The van der Waals surface area contributed by atoms with Gasteiger partial charge in [-0.15, -0.1) is 0 Å². The number of ether oxygens (including phenoxy) is 1. The Bertz CT molecular complexity index is 1210. The molecular formula is C25H25N3O4. The van der Waals surface area contributed by atoms with Gasteiger partial charge in [0, 0.05) is 23.1 Å². The van der Waals surface area contributed by atoms with Crippen LogP contribution in [0.5, 0.6) is 0 Å². The van der Waals surface area contributed by atoms with Crippen molar-refractivity contribution in [3.8, 4) is 5.69 Å². The Hall–Kier alpha value is -3.48. The maximum Gasteiger partial charge on any atom is 0.338 e. The van der Waals surface area contributed by atoms with E-state index in [4.69, 9.17) is 9.84 Å². The fraction of sp³-hybridized carbons (Fsp3) is 0.360. The van der Waals surface area contributed by atoms with E-state index < -0.39 is 10.9 Å². The Labute approximate surface area is 186 Å². The van der Waals surface area contributed by atoms with Gasteiger partial charge in [0.05, 0.1) is 21.9 Å². The van der Waals surface area contributed by atoms with Crippen LogP contribution < -0.4 is 0 Å². The minimum atomic E-state index is -0.517. The van der Waals surface area contributed by atoms with Crippen molar-refractivity contribution in [2.24, 2.45) is 5.41 Å². The first-order valence-corrected chi connectivity index (χ1v) is 10.8. The van der Waals surface area contributed by atoms with Crippen LogP contribution >= 0.6 is 0 Å². The van der Waals surface area contributed by atoms with Crippen molar-refractivity contribution in [3.63, 3.8) is 0 Å². The predicted octanol–water partition coefficient (Wildman–Crippen LogP) is 5.31. The van der Waals surface area contributed by atoms with Gasteiger partial charge < -0.3 is 4.74 Å². The van der Waals surface area contributed by atoms with Crippen molar-refractivity contribution in [1.82, 2.24) is 9.78 Å². The van der Waals surface area contributed by atoms with Crippen LogP contribution in [0.15, 0.2) is 54.6 Å². The van der Waals surface area contributed by atoms with Crippen molar-refractivity contribution in [3.05, 3.63) is 87.2 Å². The summed E-state index contributed by atoms with van der Waals surface area (Å²) in [6.07, 6.45) is 2.21. The SMILES string of the molecule is CC1(C)[C@H]2CC[C@]1(C)c1c2c(COC(=O)c2ccc([N+](=O)[O-])cc2)nn1-c1ccccc1. The third-order valence-electron chi connectivity index (χ3n) is 7.75. The van der Waals surface area contributed by atoms with Gasteiger partial charge in [0.2, 0.25) is 0 Å². The van der Waals surface area contributed by atoms with E-state index in [1.54, 1.807) is 0 Å². The molecule has 0 unspecified atom stereocenters. The number of aromatic nitrogens is 2. The van der Waals surface area contributed by atoms with Crippen LogP contribution in [-0.2, 0) is 16.8 Å². The Morgan fingerprint density at radius 2 is 1.84 bits per heavy atom. The smallest absolute Gasteiger partial charge is 0.338 e. The van der Waals surface area contributed by atoms with Gasteiger partial charge in [-0.1, -0.05) is 39.0 Å². The van der Waals surface area contributed by atoms with E-state index >= 15 is 0 Å². The number of esters is 1. The molecule has 1 saturated carbocycles. The first-order valence-electron chi connectivity index (χ1n) is 10.8. The number of rotatable bonds is 5. The summed E-state index contributed by atoms with van der Waals surface area (Å²) in [5.74, 6) is -0.149. The third-order valence-corrected chi connectivity index (χ3v) is 7.75. The molecular weight excluding hydrogens is 406 g/mol. The van der Waals surface area contributed by atoms with Crippen LogP contribution in [0.4, 0.5) is 5.69 Å². The van der Waals surface area contributed by atoms with E-state index in [0.717, 1.165) is 24.2 Å². The number of carbonyl (C=O) groups is 1. The van der Waals surface area contributed by atoms with Gasteiger partial charge in [-0.25, -0.2) is 9.48 Å². The Morgan fingerprint density at radius 3 is 2.50 bits per heavy atom. The summed E-state index contributed by atoms with van der Waals surface area (Å²) < 4.78 is 7.65. The number of para-hydroxylation sites is 1. The van der Waals surface area contributed by atoms with Gasteiger partial charge in [0.1, 0.15) is 12.3 Å². The second kappa shape index (κ2) is 7.02. The van der Waals surface area contributed by atoms with Crippen LogP contribution in [0, 0.1) is 15.5 Å². The van der Waals surface area contributed by atoms with Crippen LogP contribution in [0.3, 0.4) is 0 Å². The summed E-state index contributed by atoms with van der Waals surface area (Å²) in [5.41, 5.74) is 4.54. The molecule has 1 heterocycles. The van der Waals surface area contributed by atoms with Crippen LogP contribution in [0.2, 0.25) is 0 Å². The molecule has 7 heteroatoms. The average Bonchev–Trinajstić information content (AvgIpc) is 3.34. The van der Waals surface area contributed by atoms with Crippen molar-refractivity contribution in [2.75, 3.05) is 0 Å². The highest BCUT2D eigenvalue weighted by molar-refractivity contribution is 5.89. The van der Waals surface area contributed by atoms with E-state index in [2.05, 4.69) is 20.8 Å². The summed E-state index contributed by atoms with van der Waals surface area (Å²) in [4.78, 5) is 22.9. The van der Waals surface area contributed by atoms with Gasteiger partial charge in [0.25, 0.3) is 5.69 Å². The average molecular weight is 431 g/mol. The topological polar surface area (TPSA) is 87.3 Å². The zero-order valence-electron chi connectivity index (χ0n) is 18.4. The van der Waals surface area contributed by atoms with Gasteiger partial charge in [-0.3, -0.25) is 10.1 Å². The lowest BCUT2D eigenvalue weighted by atomic mass is 9.70. The molecule has 2 aliphatic carbocycles. The third kappa shape index (κ3) is 2.80. The molecule has 3 aromatic rings. The lowest BCUT2D eigenvalue weighted by Gasteiger charge is -2.35. The number of benzene rings is 2. The van der Waals surface area contributed by atoms with E-state index in [9.17, 15) is 14.9 Å². The van der Waals surface area contributed by atoms with Crippen LogP contribution in [0.25, 0.3) is 5.69 Å². The molecule has 0 amide bonds. The van der Waals surface area contributed by atoms with Gasteiger partial charge in [-0.05, 0) is 48.4 Å². The molecule has 0 N–H and O–H groups in total. The summed E-state index contributed by atoms with van der Waals surface area (Å²) >= 11 is 0. The summed E-state index contributed by atoms with van der Waals surface area (Å²) in [7, 11) is 0. The largest absolute Gasteiger partial charge is 0.455 e. The Balaban J connectivity index is 1.48. The molecule has 0 saturated heterocycles. The van der Waals surface area contributed by atoms with Crippen LogP contribution in [0.1, 0.15) is 66.8 Å². The number of nitro benzene ring substituents is 1. The van der Waals surface area contributed by atoms with E-state index in [1.807, 2.05) is 35.0 Å². The lowest BCUT2D eigenvalue weighted by molar-refractivity contribution is -0.384. The minimum Gasteiger partial charge on any atom is -0.455 e. The van der Waals surface area contributed by atoms with Crippen molar-refractivity contribution in [1.29, 1.82) is 0 Å². The van der Waals surface area contributed by atoms with Crippen molar-refractivity contribution in [2.45, 2.75) is 51.6 Å². The highest BCUT2D eigenvalue weighted by Crippen LogP contribution is 2.68. The van der Waals surface area contributed by atoms with Gasteiger partial charge in [0.15, 0.2) is 0 Å². The zero-order chi connectivity index (χ0) is 22.7. The highest BCUT2D eigenvalue weighted by Gasteiger charge is 2.62.